The lowest BCUT2D eigenvalue weighted by molar-refractivity contribution is 0.0525. The zero-order valence-corrected chi connectivity index (χ0v) is 11.4. The molecule has 2 rings (SSSR count). The van der Waals surface area contributed by atoms with Crippen LogP contribution in [0.2, 0.25) is 0 Å². The van der Waals surface area contributed by atoms with Gasteiger partial charge in [0.2, 0.25) is 0 Å². The maximum absolute atomic E-state index is 8.68. The summed E-state index contributed by atoms with van der Waals surface area (Å²) in [4.78, 5) is 0. The molecule has 1 unspecified atom stereocenters. The molecule has 0 fully saturated rings. The van der Waals surface area contributed by atoms with Crippen LogP contribution >= 0.6 is 0 Å². The molecule has 1 atom stereocenters. The van der Waals surface area contributed by atoms with Crippen LogP contribution in [0.4, 0.5) is 0 Å². The summed E-state index contributed by atoms with van der Waals surface area (Å²) < 4.78 is 5.84. The molecule has 0 bridgehead atoms. The molecule has 0 aliphatic heterocycles. The van der Waals surface area contributed by atoms with Gasteiger partial charge in [-0.15, -0.1) is 0 Å². The van der Waals surface area contributed by atoms with Gasteiger partial charge in [-0.05, 0) is 24.1 Å². The van der Waals surface area contributed by atoms with E-state index in [4.69, 9.17) is 15.7 Å². The fourth-order valence-corrected chi connectivity index (χ4v) is 1.92. The highest BCUT2D eigenvalue weighted by Gasteiger charge is 2.06. The van der Waals surface area contributed by atoms with Crippen LogP contribution in [0.15, 0.2) is 59.8 Å². The number of oxime groups is 1. The van der Waals surface area contributed by atoms with Crippen molar-refractivity contribution in [1.82, 2.24) is 0 Å². The van der Waals surface area contributed by atoms with Crippen LogP contribution in [0.3, 0.4) is 0 Å². The summed E-state index contributed by atoms with van der Waals surface area (Å²) in [5, 5.41) is 11.7. The molecule has 104 valence electrons. The lowest BCUT2D eigenvalue weighted by Gasteiger charge is -2.13. The van der Waals surface area contributed by atoms with Crippen molar-refractivity contribution in [2.24, 2.45) is 10.9 Å². The highest BCUT2D eigenvalue weighted by Crippen LogP contribution is 2.18. The zero-order chi connectivity index (χ0) is 14.4. The molecule has 0 amide bonds. The van der Waals surface area contributed by atoms with Crippen LogP contribution in [0.1, 0.15) is 29.7 Å². The second-order valence-electron chi connectivity index (χ2n) is 4.55. The smallest absolute Gasteiger partial charge is 0.170 e. The summed E-state index contributed by atoms with van der Waals surface area (Å²) in [5.74, 6) is 0.1000. The normalized spacial score (nSPS) is 13.2. The minimum atomic E-state index is 0.0173. The van der Waals surface area contributed by atoms with Crippen molar-refractivity contribution in [2.45, 2.75) is 19.6 Å². The highest BCUT2D eigenvalue weighted by molar-refractivity contribution is 5.97. The van der Waals surface area contributed by atoms with Crippen LogP contribution in [0.25, 0.3) is 0 Å². The first-order valence-corrected chi connectivity index (χ1v) is 6.44. The number of hydrogen-bond acceptors (Lipinski definition) is 3. The number of rotatable bonds is 5. The first-order valence-electron chi connectivity index (χ1n) is 6.44. The lowest BCUT2D eigenvalue weighted by Crippen LogP contribution is -2.13. The molecule has 0 radical (unpaired) electrons. The Bertz CT molecular complexity index is 582. The molecule has 0 heterocycles. The average molecular weight is 270 g/mol. The van der Waals surface area contributed by atoms with Gasteiger partial charge in [-0.2, -0.15) is 0 Å². The van der Waals surface area contributed by atoms with Crippen molar-refractivity contribution in [1.29, 1.82) is 0 Å². The number of amidine groups is 1. The Morgan fingerprint density at radius 3 is 2.65 bits per heavy atom. The molecular weight excluding hydrogens is 252 g/mol. The predicted molar refractivity (Wildman–Crippen MR) is 78.6 cm³/mol. The Hall–Kier alpha value is -2.33. The first-order chi connectivity index (χ1) is 9.70. The number of nitrogens with two attached hydrogens (primary N) is 1. The van der Waals surface area contributed by atoms with E-state index >= 15 is 0 Å². The SMILES string of the molecule is CC(OCc1cccc(/C(N)=N/O)c1)c1ccccc1. The number of nitrogens with zero attached hydrogens (tertiary/aromatic N) is 1. The van der Waals surface area contributed by atoms with Gasteiger partial charge in [-0.1, -0.05) is 53.7 Å². The van der Waals surface area contributed by atoms with Crippen LogP contribution < -0.4 is 5.73 Å². The summed E-state index contributed by atoms with van der Waals surface area (Å²) >= 11 is 0. The first kappa shape index (κ1) is 14.1. The van der Waals surface area contributed by atoms with Gasteiger partial charge in [0.1, 0.15) is 0 Å². The largest absolute Gasteiger partial charge is 0.409 e. The van der Waals surface area contributed by atoms with Gasteiger partial charge in [0, 0.05) is 5.56 Å². The minimum Gasteiger partial charge on any atom is -0.409 e. The maximum Gasteiger partial charge on any atom is 0.170 e. The second kappa shape index (κ2) is 6.73. The standard InChI is InChI=1S/C16H18N2O2/c1-12(14-7-3-2-4-8-14)20-11-13-6-5-9-15(10-13)16(17)18-19/h2-10,12,19H,11H2,1H3,(H2,17,18). The van der Waals surface area contributed by atoms with Gasteiger partial charge in [0.05, 0.1) is 12.7 Å². The van der Waals surface area contributed by atoms with Crippen molar-refractivity contribution >= 4 is 5.84 Å². The summed E-state index contributed by atoms with van der Waals surface area (Å²) in [6, 6.07) is 17.5. The molecule has 20 heavy (non-hydrogen) atoms. The van der Waals surface area contributed by atoms with Crippen molar-refractivity contribution in [2.75, 3.05) is 0 Å². The van der Waals surface area contributed by atoms with Gasteiger partial charge in [-0.3, -0.25) is 0 Å². The van der Waals surface area contributed by atoms with Gasteiger partial charge in [0.15, 0.2) is 5.84 Å². The van der Waals surface area contributed by atoms with Gasteiger partial charge in [-0.25, -0.2) is 0 Å². The third kappa shape index (κ3) is 3.59. The molecule has 4 heteroatoms. The molecule has 0 spiro atoms. The molecule has 2 aromatic carbocycles. The van der Waals surface area contributed by atoms with E-state index in [1.165, 1.54) is 0 Å². The average Bonchev–Trinajstić information content (AvgIpc) is 2.53. The molecule has 4 nitrogen and oxygen atoms in total. The van der Waals surface area contributed by atoms with Crippen molar-refractivity contribution in [3.05, 3.63) is 71.3 Å². The summed E-state index contributed by atoms with van der Waals surface area (Å²) in [7, 11) is 0. The van der Waals surface area contributed by atoms with Crippen LogP contribution in [0.5, 0.6) is 0 Å². The van der Waals surface area contributed by atoms with Crippen LogP contribution in [0, 0.1) is 0 Å². The number of benzene rings is 2. The Labute approximate surface area is 118 Å². The second-order valence-corrected chi connectivity index (χ2v) is 4.55. The minimum absolute atomic E-state index is 0.0173. The molecule has 2 aromatic rings. The fraction of sp³-hybridized carbons (Fsp3) is 0.188. The lowest BCUT2D eigenvalue weighted by atomic mass is 10.1. The maximum atomic E-state index is 8.68. The Kier molecular flexibility index (Phi) is 4.74. The van der Waals surface area contributed by atoms with Crippen molar-refractivity contribution in [3.8, 4) is 0 Å². The van der Waals surface area contributed by atoms with E-state index in [9.17, 15) is 0 Å². The number of hydrogen-bond donors (Lipinski definition) is 2. The third-order valence-electron chi connectivity index (χ3n) is 3.10. The number of ether oxygens (including phenoxy) is 1. The Balaban J connectivity index is 2.01. The van der Waals surface area contributed by atoms with Gasteiger partial charge < -0.3 is 15.7 Å². The molecule has 0 aliphatic carbocycles. The van der Waals surface area contributed by atoms with Crippen LogP contribution in [-0.4, -0.2) is 11.0 Å². The summed E-state index contributed by atoms with van der Waals surface area (Å²) in [6.07, 6.45) is 0.0173. The van der Waals surface area contributed by atoms with E-state index in [1.807, 2.05) is 55.5 Å². The molecular formula is C16H18N2O2. The summed E-state index contributed by atoms with van der Waals surface area (Å²) in [5.41, 5.74) is 8.37. The summed E-state index contributed by atoms with van der Waals surface area (Å²) in [6.45, 7) is 2.49. The molecule has 0 saturated heterocycles. The Morgan fingerprint density at radius 2 is 1.95 bits per heavy atom. The predicted octanol–water partition coefficient (Wildman–Crippen LogP) is 3.06. The highest BCUT2D eigenvalue weighted by atomic mass is 16.5. The van der Waals surface area contributed by atoms with E-state index in [0.717, 1.165) is 11.1 Å². The quantitative estimate of drug-likeness (QED) is 0.380. The van der Waals surface area contributed by atoms with Crippen molar-refractivity contribution in [3.63, 3.8) is 0 Å². The monoisotopic (exact) mass is 270 g/mol. The van der Waals surface area contributed by atoms with E-state index < -0.39 is 0 Å². The molecule has 0 saturated carbocycles. The topological polar surface area (TPSA) is 67.8 Å². The third-order valence-corrected chi connectivity index (χ3v) is 3.10. The van der Waals surface area contributed by atoms with E-state index in [-0.39, 0.29) is 11.9 Å². The fourth-order valence-electron chi connectivity index (χ4n) is 1.92. The molecule has 0 aliphatic rings. The zero-order valence-electron chi connectivity index (χ0n) is 11.4. The van der Waals surface area contributed by atoms with Crippen LogP contribution in [-0.2, 0) is 11.3 Å². The van der Waals surface area contributed by atoms with Crippen molar-refractivity contribution < 1.29 is 9.94 Å². The molecule has 3 N–H and O–H groups in total. The van der Waals surface area contributed by atoms with E-state index in [0.29, 0.717) is 12.2 Å². The van der Waals surface area contributed by atoms with E-state index in [2.05, 4.69) is 5.16 Å². The Morgan fingerprint density at radius 1 is 1.20 bits per heavy atom. The van der Waals surface area contributed by atoms with E-state index in [1.54, 1.807) is 6.07 Å². The van der Waals surface area contributed by atoms with Gasteiger partial charge >= 0.3 is 0 Å². The van der Waals surface area contributed by atoms with Gasteiger partial charge in [0.25, 0.3) is 0 Å². The molecule has 0 aromatic heterocycles.